The van der Waals surface area contributed by atoms with Crippen LogP contribution in [0.15, 0.2) is 66.9 Å². The van der Waals surface area contributed by atoms with Gasteiger partial charge in [-0.05, 0) is 31.0 Å². The quantitative estimate of drug-likeness (QED) is 0.701. The first-order valence-corrected chi connectivity index (χ1v) is 8.27. The number of aryl methyl sites for hydroxylation is 1. The van der Waals surface area contributed by atoms with E-state index in [0.717, 1.165) is 23.5 Å². The highest BCUT2D eigenvalue weighted by molar-refractivity contribution is 5.32. The van der Waals surface area contributed by atoms with Gasteiger partial charge in [0.25, 0.3) is 0 Å². The van der Waals surface area contributed by atoms with Gasteiger partial charge in [0, 0.05) is 31.0 Å². The molecule has 0 bridgehead atoms. The molecule has 4 nitrogen and oxygen atoms in total. The Labute approximate surface area is 142 Å². The molecule has 0 fully saturated rings. The number of hydrogen-bond acceptors (Lipinski definition) is 3. The minimum atomic E-state index is 0.135. The molecule has 1 heterocycles. The first-order valence-electron chi connectivity index (χ1n) is 8.27. The zero-order chi connectivity index (χ0) is 16.8. The van der Waals surface area contributed by atoms with Gasteiger partial charge in [-0.15, -0.1) is 0 Å². The number of aliphatic hydroxyl groups is 1. The summed E-state index contributed by atoms with van der Waals surface area (Å²) in [7, 11) is 0. The number of hydrogen-bond donors (Lipinski definition) is 2. The molecule has 0 saturated carbocycles. The lowest BCUT2D eigenvalue weighted by atomic mass is 10.0. The maximum atomic E-state index is 9.35. The minimum Gasteiger partial charge on any atom is -0.396 e. The van der Waals surface area contributed by atoms with Crippen molar-refractivity contribution in [2.24, 2.45) is 0 Å². The average Bonchev–Trinajstić information content (AvgIpc) is 3.01. The summed E-state index contributed by atoms with van der Waals surface area (Å²) >= 11 is 0. The summed E-state index contributed by atoms with van der Waals surface area (Å²) in [4.78, 5) is 0. The van der Waals surface area contributed by atoms with Crippen LogP contribution in [0.25, 0.3) is 5.69 Å². The largest absolute Gasteiger partial charge is 0.396 e. The van der Waals surface area contributed by atoms with Crippen molar-refractivity contribution in [3.05, 3.63) is 83.7 Å². The number of aromatic nitrogens is 2. The fourth-order valence-electron chi connectivity index (χ4n) is 2.82. The standard InChI is InChI=1S/C20H23N3O/c1-16-18(15-23(22-16)19-10-6-3-7-11-19)14-21-20(12-13-24)17-8-4-2-5-9-17/h2-11,15,20-21,24H,12-14H2,1H3/t20-/m1/s1. The van der Waals surface area contributed by atoms with E-state index < -0.39 is 0 Å². The van der Waals surface area contributed by atoms with Gasteiger partial charge in [-0.2, -0.15) is 5.10 Å². The summed E-state index contributed by atoms with van der Waals surface area (Å²) in [6.07, 6.45) is 2.76. The second-order valence-electron chi connectivity index (χ2n) is 5.88. The molecule has 3 rings (SSSR count). The van der Waals surface area contributed by atoms with Gasteiger partial charge in [-0.3, -0.25) is 0 Å². The SMILES string of the molecule is Cc1nn(-c2ccccc2)cc1CN[C@H](CCO)c1ccccc1. The Balaban J connectivity index is 1.72. The molecular formula is C20H23N3O. The van der Waals surface area contributed by atoms with E-state index >= 15 is 0 Å². The molecule has 1 atom stereocenters. The number of rotatable bonds is 7. The number of benzene rings is 2. The lowest BCUT2D eigenvalue weighted by molar-refractivity contribution is 0.265. The Kier molecular flexibility index (Phi) is 5.41. The lowest BCUT2D eigenvalue weighted by Gasteiger charge is -2.18. The van der Waals surface area contributed by atoms with Crippen molar-refractivity contribution < 1.29 is 5.11 Å². The van der Waals surface area contributed by atoms with Crippen LogP contribution in [0.3, 0.4) is 0 Å². The molecular weight excluding hydrogens is 298 g/mol. The Morgan fingerprint density at radius 1 is 1.04 bits per heavy atom. The summed E-state index contributed by atoms with van der Waals surface area (Å²) in [6.45, 7) is 2.91. The third kappa shape index (κ3) is 3.91. The molecule has 0 unspecified atom stereocenters. The van der Waals surface area contributed by atoms with Gasteiger partial charge in [0.15, 0.2) is 0 Å². The van der Waals surface area contributed by atoms with Gasteiger partial charge in [0.1, 0.15) is 0 Å². The highest BCUT2D eigenvalue weighted by Gasteiger charge is 2.12. The van der Waals surface area contributed by atoms with Gasteiger partial charge in [-0.1, -0.05) is 48.5 Å². The molecule has 0 aliphatic rings. The molecule has 3 aromatic rings. The molecule has 0 aliphatic carbocycles. The molecule has 24 heavy (non-hydrogen) atoms. The molecule has 0 spiro atoms. The van der Waals surface area contributed by atoms with Gasteiger partial charge < -0.3 is 10.4 Å². The van der Waals surface area contributed by atoms with E-state index in [9.17, 15) is 5.11 Å². The van der Waals surface area contributed by atoms with Crippen molar-refractivity contribution in [2.45, 2.75) is 25.9 Å². The van der Waals surface area contributed by atoms with Crippen LogP contribution in [-0.4, -0.2) is 21.5 Å². The summed E-state index contributed by atoms with van der Waals surface area (Å²) in [6, 6.07) is 20.5. The number of nitrogens with zero attached hydrogens (tertiary/aromatic N) is 2. The highest BCUT2D eigenvalue weighted by atomic mass is 16.3. The van der Waals surface area contributed by atoms with Crippen molar-refractivity contribution in [1.29, 1.82) is 0 Å². The first kappa shape index (κ1) is 16.4. The Bertz CT molecular complexity index is 753. The lowest BCUT2D eigenvalue weighted by Crippen LogP contribution is -2.22. The van der Waals surface area contributed by atoms with Crippen molar-refractivity contribution in [3.63, 3.8) is 0 Å². The van der Waals surface area contributed by atoms with E-state index in [-0.39, 0.29) is 12.6 Å². The van der Waals surface area contributed by atoms with E-state index in [1.165, 1.54) is 5.56 Å². The molecule has 1 aromatic heterocycles. The maximum Gasteiger partial charge on any atom is 0.0645 e. The van der Waals surface area contributed by atoms with Crippen LogP contribution in [-0.2, 0) is 6.54 Å². The monoisotopic (exact) mass is 321 g/mol. The van der Waals surface area contributed by atoms with Crippen molar-refractivity contribution in [3.8, 4) is 5.69 Å². The van der Waals surface area contributed by atoms with Gasteiger partial charge >= 0.3 is 0 Å². The maximum absolute atomic E-state index is 9.35. The normalized spacial score (nSPS) is 12.2. The van der Waals surface area contributed by atoms with E-state index in [4.69, 9.17) is 0 Å². The molecule has 0 radical (unpaired) electrons. The van der Waals surface area contributed by atoms with Crippen LogP contribution in [0.5, 0.6) is 0 Å². The number of para-hydroxylation sites is 1. The topological polar surface area (TPSA) is 50.1 Å². The average molecular weight is 321 g/mol. The number of nitrogens with one attached hydrogen (secondary N) is 1. The number of aliphatic hydroxyl groups excluding tert-OH is 1. The zero-order valence-electron chi connectivity index (χ0n) is 13.9. The summed E-state index contributed by atoms with van der Waals surface area (Å²) < 4.78 is 1.91. The molecule has 0 amide bonds. The van der Waals surface area contributed by atoms with Gasteiger partial charge in [0.05, 0.1) is 11.4 Å². The highest BCUT2D eigenvalue weighted by Crippen LogP contribution is 2.18. The first-order chi connectivity index (χ1) is 11.8. The van der Waals surface area contributed by atoms with Crippen LogP contribution in [0, 0.1) is 6.92 Å². The Hall–Kier alpha value is -2.43. The van der Waals surface area contributed by atoms with Crippen LogP contribution >= 0.6 is 0 Å². The molecule has 124 valence electrons. The molecule has 0 aliphatic heterocycles. The van der Waals surface area contributed by atoms with Crippen LogP contribution < -0.4 is 5.32 Å². The second-order valence-corrected chi connectivity index (χ2v) is 5.88. The second kappa shape index (κ2) is 7.90. The van der Waals surface area contributed by atoms with E-state index in [2.05, 4.69) is 28.7 Å². The molecule has 2 aromatic carbocycles. The van der Waals surface area contributed by atoms with Crippen molar-refractivity contribution in [1.82, 2.24) is 15.1 Å². The van der Waals surface area contributed by atoms with Crippen LogP contribution in [0.1, 0.15) is 29.3 Å². The van der Waals surface area contributed by atoms with E-state index in [0.29, 0.717) is 6.42 Å². The zero-order valence-corrected chi connectivity index (χ0v) is 13.9. The fraction of sp³-hybridized carbons (Fsp3) is 0.250. The van der Waals surface area contributed by atoms with Gasteiger partial charge in [-0.25, -0.2) is 4.68 Å². The van der Waals surface area contributed by atoms with E-state index in [1.807, 2.05) is 60.1 Å². The predicted molar refractivity (Wildman–Crippen MR) is 96.0 cm³/mol. The minimum absolute atomic E-state index is 0.135. The summed E-state index contributed by atoms with van der Waals surface area (Å²) in [5.74, 6) is 0. The fourth-order valence-corrected chi connectivity index (χ4v) is 2.82. The molecule has 0 saturated heterocycles. The van der Waals surface area contributed by atoms with Crippen molar-refractivity contribution >= 4 is 0 Å². The predicted octanol–water partition coefficient (Wildman–Crippen LogP) is 3.39. The molecule has 4 heteroatoms. The van der Waals surface area contributed by atoms with Crippen LogP contribution in [0.4, 0.5) is 0 Å². The van der Waals surface area contributed by atoms with E-state index in [1.54, 1.807) is 0 Å². The summed E-state index contributed by atoms with van der Waals surface area (Å²) in [5, 5.41) is 17.5. The Morgan fingerprint density at radius 2 is 1.71 bits per heavy atom. The Morgan fingerprint density at radius 3 is 2.38 bits per heavy atom. The molecule has 2 N–H and O–H groups in total. The third-order valence-corrected chi connectivity index (χ3v) is 4.18. The summed E-state index contributed by atoms with van der Waals surface area (Å²) in [5.41, 5.74) is 4.43. The van der Waals surface area contributed by atoms with Gasteiger partial charge in [0.2, 0.25) is 0 Å². The van der Waals surface area contributed by atoms with Crippen molar-refractivity contribution in [2.75, 3.05) is 6.61 Å². The van der Waals surface area contributed by atoms with Crippen LogP contribution in [0.2, 0.25) is 0 Å². The third-order valence-electron chi connectivity index (χ3n) is 4.18. The smallest absolute Gasteiger partial charge is 0.0645 e.